The number of fused-ring (bicyclic) bond motifs is 4. The quantitative estimate of drug-likeness (QED) is 0.192. The number of benzene rings is 5. The monoisotopic (exact) mass is 619 g/mol. The average Bonchev–Trinajstić information content (AvgIpc) is 3.54. The number of hydrogen-bond donors (Lipinski definition) is 0. The van der Waals surface area contributed by atoms with Crippen molar-refractivity contribution in [2.45, 2.75) is 0 Å². The lowest BCUT2D eigenvalue weighted by Crippen LogP contribution is -2.00. The van der Waals surface area contributed by atoms with Crippen molar-refractivity contribution in [3.8, 4) is 56.7 Å². The Kier molecular flexibility index (Phi) is 6.58. The zero-order chi connectivity index (χ0) is 31.2. The highest BCUT2D eigenvalue weighted by Crippen LogP contribution is 2.40. The molecule has 0 saturated heterocycles. The largest absolute Gasteiger partial charge is 0.254 e. The third kappa shape index (κ3) is 4.92. The lowest BCUT2D eigenvalue weighted by molar-refractivity contribution is 1.07. The molecule has 0 fully saturated rings. The van der Waals surface area contributed by atoms with Crippen LogP contribution in [-0.2, 0) is 0 Å². The third-order valence-electron chi connectivity index (χ3n) is 8.43. The molecule has 4 heterocycles. The van der Waals surface area contributed by atoms with Crippen LogP contribution in [0.2, 0.25) is 0 Å². The SMILES string of the molecule is c1ccc(-c2nc(-c3ccccc3)nc(-c3cccc(-c4cccc5cnc(-c6nccc7sc8ccccc8c67)cc45)c3)n2)cc1. The molecule has 5 nitrogen and oxygen atoms in total. The van der Waals surface area contributed by atoms with E-state index in [1.54, 1.807) is 11.3 Å². The smallest absolute Gasteiger partial charge is 0.164 e. The van der Waals surface area contributed by atoms with Crippen LogP contribution in [0, 0.1) is 0 Å². The molecule has 0 N–H and O–H groups in total. The number of hydrogen-bond acceptors (Lipinski definition) is 6. The minimum atomic E-state index is 0.627. The van der Waals surface area contributed by atoms with Gasteiger partial charge >= 0.3 is 0 Å². The van der Waals surface area contributed by atoms with Crippen LogP contribution in [0.15, 0.2) is 152 Å². The molecule has 5 aromatic carbocycles. The Morgan fingerprint density at radius 1 is 0.447 bits per heavy atom. The maximum Gasteiger partial charge on any atom is 0.164 e. The first-order valence-electron chi connectivity index (χ1n) is 15.4. The second-order valence-electron chi connectivity index (χ2n) is 11.3. The first-order chi connectivity index (χ1) is 23.3. The van der Waals surface area contributed by atoms with E-state index in [9.17, 15) is 0 Å². The first-order valence-corrected chi connectivity index (χ1v) is 16.2. The molecule has 0 bridgehead atoms. The molecule has 220 valence electrons. The molecule has 4 aromatic heterocycles. The van der Waals surface area contributed by atoms with E-state index in [-0.39, 0.29) is 0 Å². The summed E-state index contributed by atoms with van der Waals surface area (Å²) in [6, 6.07) is 47.7. The van der Waals surface area contributed by atoms with Gasteiger partial charge in [-0.15, -0.1) is 11.3 Å². The van der Waals surface area contributed by atoms with Crippen LogP contribution in [-0.4, -0.2) is 24.9 Å². The van der Waals surface area contributed by atoms with Crippen molar-refractivity contribution < 1.29 is 0 Å². The molecule has 47 heavy (non-hydrogen) atoms. The summed E-state index contributed by atoms with van der Waals surface area (Å²) >= 11 is 1.79. The summed E-state index contributed by atoms with van der Waals surface area (Å²) in [5, 5.41) is 4.54. The van der Waals surface area contributed by atoms with Gasteiger partial charge in [-0.25, -0.2) is 15.0 Å². The Morgan fingerprint density at radius 2 is 1.09 bits per heavy atom. The molecular formula is C41H25N5S. The van der Waals surface area contributed by atoms with E-state index < -0.39 is 0 Å². The summed E-state index contributed by atoms with van der Waals surface area (Å²) in [5.74, 6) is 1.91. The Labute approximate surface area is 275 Å². The molecule has 0 spiro atoms. The molecule has 9 rings (SSSR count). The van der Waals surface area contributed by atoms with Crippen LogP contribution in [0.1, 0.15) is 0 Å². The number of rotatable bonds is 5. The van der Waals surface area contributed by atoms with Gasteiger partial charge in [0.05, 0.1) is 11.4 Å². The molecule has 6 heteroatoms. The van der Waals surface area contributed by atoms with E-state index in [1.807, 2.05) is 73.1 Å². The van der Waals surface area contributed by atoms with Gasteiger partial charge in [0.2, 0.25) is 0 Å². The van der Waals surface area contributed by atoms with Crippen LogP contribution >= 0.6 is 11.3 Å². The van der Waals surface area contributed by atoms with Gasteiger partial charge in [0, 0.05) is 54.6 Å². The minimum absolute atomic E-state index is 0.627. The summed E-state index contributed by atoms with van der Waals surface area (Å²) in [7, 11) is 0. The zero-order valence-corrected chi connectivity index (χ0v) is 25.9. The van der Waals surface area contributed by atoms with E-state index in [2.05, 4.69) is 78.9 Å². The van der Waals surface area contributed by atoms with E-state index >= 15 is 0 Å². The topological polar surface area (TPSA) is 64.5 Å². The van der Waals surface area contributed by atoms with Crippen LogP contribution in [0.3, 0.4) is 0 Å². The summed E-state index contributed by atoms with van der Waals surface area (Å²) in [6.07, 6.45) is 3.84. The highest BCUT2D eigenvalue weighted by atomic mass is 32.1. The Morgan fingerprint density at radius 3 is 1.85 bits per heavy atom. The summed E-state index contributed by atoms with van der Waals surface area (Å²) in [5.41, 5.74) is 6.74. The average molecular weight is 620 g/mol. The first kappa shape index (κ1) is 27.2. The molecular weight excluding hydrogens is 595 g/mol. The number of thiophene rings is 1. The van der Waals surface area contributed by atoms with Gasteiger partial charge < -0.3 is 0 Å². The van der Waals surface area contributed by atoms with Crippen molar-refractivity contribution in [3.05, 3.63) is 152 Å². The normalized spacial score (nSPS) is 11.4. The highest BCUT2D eigenvalue weighted by molar-refractivity contribution is 7.25. The maximum atomic E-state index is 4.96. The lowest BCUT2D eigenvalue weighted by atomic mass is 9.96. The summed E-state index contributed by atoms with van der Waals surface area (Å²) in [4.78, 5) is 24.5. The second-order valence-corrected chi connectivity index (χ2v) is 12.4. The van der Waals surface area contributed by atoms with Crippen molar-refractivity contribution in [1.82, 2.24) is 24.9 Å². The Hall–Kier alpha value is -6.11. The maximum absolute atomic E-state index is 4.96. The fourth-order valence-corrected chi connectivity index (χ4v) is 7.28. The van der Waals surface area contributed by atoms with Gasteiger partial charge in [0.25, 0.3) is 0 Å². The molecule has 0 atom stereocenters. The van der Waals surface area contributed by atoms with Crippen LogP contribution in [0.25, 0.3) is 87.6 Å². The van der Waals surface area contributed by atoms with Gasteiger partial charge in [0.1, 0.15) is 0 Å². The molecule has 0 amide bonds. The van der Waals surface area contributed by atoms with E-state index in [0.717, 1.165) is 55.4 Å². The van der Waals surface area contributed by atoms with Gasteiger partial charge in [0.15, 0.2) is 17.5 Å². The van der Waals surface area contributed by atoms with Gasteiger partial charge in [-0.05, 0) is 40.8 Å². The molecule has 0 saturated carbocycles. The van der Waals surface area contributed by atoms with E-state index in [0.29, 0.717) is 17.5 Å². The predicted molar refractivity (Wildman–Crippen MR) is 193 cm³/mol. The van der Waals surface area contributed by atoms with Crippen LogP contribution in [0.5, 0.6) is 0 Å². The van der Waals surface area contributed by atoms with Crippen molar-refractivity contribution in [1.29, 1.82) is 0 Å². The lowest BCUT2D eigenvalue weighted by Gasteiger charge is -2.12. The fourth-order valence-electron chi connectivity index (χ4n) is 6.18. The van der Waals surface area contributed by atoms with Crippen molar-refractivity contribution in [2.24, 2.45) is 0 Å². The summed E-state index contributed by atoms with van der Waals surface area (Å²) < 4.78 is 2.46. The predicted octanol–water partition coefficient (Wildman–Crippen LogP) is 10.5. The summed E-state index contributed by atoms with van der Waals surface area (Å²) in [6.45, 7) is 0. The second kappa shape index (κ2) is 11.4. The molecule has 0 aliphatic heterocycles. The van der Waals surface area contributed by atoms with Gasteiger partial charge in [-0.1, -0.05) is 115 Å². The Balaban J connectivity index is 1.19. The van der Waals surface area contributed by atoms with Crippen LogP contribution < -0.4 is 0 Å². The van der Waals surface area contributed by atoms with Crippen molar-refractivity contribution in [2.75, 3.05) is 0 Å². The molecule has 0 unspecified atom stereocenters. The Bertz CT molecular complexity index is 2520. The highest BCUT2D eigenvalue weighted by Gasteiger charge is 2.16. The van der Waals surface area contributed by atoms with Crippen molar-refractivity contribution in [3.63, 3.8) is 0 Å². The van der Waals surface area contributed by atoms with Crippen LogP contribution in [0.4, 0.5) is 0 Å². The number of pyridine rings is 2. The number of nitrogens with zero attached hydrogens (tertiary/aromatic N) is 5. The fraction of sp³-hybridized carbons (Fsp3) is 0. The van der Waals surface area contributed by atoms with Gasteiger partial charge in [-0.2, -0.15) is 0 Å². The van der Waals surface area contributed by atoms with E-state index in [4.69, 9.17) is 24.9 Å². The number of aromatic nitrogens is 5. The molecule has 0 radical (unpaired) electrons. The van der Waals surface area contributed by atoms with Gasteiger partial charge in [-0.3, -0.25) is 9.97 Å². The standard InChI is InChI=1S/C41H25N5S/c1-3-11-26(12-4-1)39-44-40(27-13-5-2-6-14-27)46-41(45-39)29-16-9-15-28(23-29)31-19-10-17-30-25-43-34(24-33(30)31)38-37-32-18-7-8-20-35(32)47-36(37)21-22-42-38/h1-25H. The molecule has 0 aliphatic rings. The minimum Gasteiger partial charge on any atom is -0.254 e. The molecule has 9 aromatic rings. The van der Waals surface area contributed by atoms with E-state index in [1.165, 1.54) is 14.8 Å². The zero-order valence-electron chi connectivity index (χ0n) is 25.1. The third-order valence-corrected chi connectivity index (χ3v) is 9.56. The molecule has 0 aliphatic carbocycles. The van der Waals surface area contributed by atoms with Crippen molar-refractivity contribution >= 4 is 42.3 Å².